The molecule has 0 bridgehead atoms. The summed E-state index contributed by atoms with van der Waals surface area (Å²) in [7, 11) is 0. The van der Waals surface area contributed by atoms with E-state index < -0.39 is 0 Å². The third-order valence-electron chi connectivity index (χ3n) is 4.50. The molecule has 22 heavy (non-hydrogen) atoms. The second-order valence-electron chi connectivity index (χ2n) is 6.11. The van der Waals surface area contributed by atoms with Gasteiger partial charge in [-0.2, -0.15) is 0 Å². The molecule has 4 heteroatoms. The average molecular weight is 303 g/mol. The van der Waals surface area contributed by atoms with E-state index in [1.165, 1.54) is 12.5 Å². The summed E-state index contributed by atoms with van der Waals surface area (Å²) in [6.07, 6.45) is 8.92. The summed E-state index contributed by atoms with van der Waals surface area (Å²) >= 11 is 0. The van der Waals surface area contributed by atoms with Crippen molar-refractivity contribution < 1.29 is 13.9 Å². The van der Waals surface area contributed by atoms with Crippen molar-refractivity contribution in [1.82, 2.24) is 4.98 Å². The first kappa shape index (κ1) is 15.1. The Morgan fingerprint density at radius 2 is 2.09 bits per heavy atom. The maximum absolute atomic E-state index is 13.3. The number of ether oxygens (including phenoxy) is 1. The van der Waals surface area contributed by atoms with Gasteiger partial charge in [0.25, 0.3) is 0 Å². The molecule has 0 amide bonds. The molecule has 1 heterocycles. The molecule has 0 spiro atoms. The predicted molar refractivity (Wildman–Crippen MR) is 84.1 cm³/mol. The summed E-state index contributed by atoms with van der Waals surface area (Å²) in [5.41, 5.74) is 2.01. The maximum Gasteiger partial charge on any atom is 0.308 e. The number of hydrogen-bond donors (Lipinski definition) is 1. The molecule has 118 valence electrons. The van der Waals surface area contributed by atoms with E-state index in [2.05, 4.69) is 4.98 Å². The first-order valence-corrected chi connectivity index (χ1v) is 8.16. The van der Waals surface area contributed by atoms with E-state index in [0.29, 0.717) is 6.61 Å². The van der Waals surface area contributed by atoms with Gasteiger partial charge in [-0.25, -0.2) is 4.39 Å². The molecule has 1 aromatic carbocycles. The predicted octanol–water partition coefficient (Wildman–Crippen LogP) is 4.36. The molecule has 1 saturated carbocycles. The number of carbonyl (C=O) groups is 1. The topological polar surface area (TPSA) is 42.1 Å². The van der Waals surface area contributed by atoms with Gasteiger partial charge in [-0.05, 0) is 49.4 Å². The van der Waals surface area contributed by atoms with Crippen molar-refractivity contribution >= 4 is 16.9 Å². The fraction of sp³-hybridized carbons (Fsp3) is 0.500. The van der Waals surface area contributed by atoms with Crippen LogP contribution in [-0.4, -0.2) is 17.6 Å². The minimum absolute atomic E-state index is 0.0373. The molecule has 0 radical (unpaired) electrons. The van der Waals surface area contributed by atoms with Crippen molar-refractivity contribution in [2.45, 2.75) is 44.9 Å². The van der Waals surface area contributed by atoms with Gasteiger partial charge in [0.15, 0.2) is 0 Å². The number of aryl methyl sites for hydroxylation is 1. The van der Waals surface area contributed by atoms with Gasteiger partial charge in [-0.1, -0.05) is 19.3 Å². The van der Waals surface area contributed by atoms with Crippen LogP contribution in [0.1, 0.15) is 44.1 Å². The Morgan fingerprint density at radius 3 is 2.91 bits per heavy atom. The summed E-state index contributed by atoms with van der Waals surface area (Å²) < 4.78 is 18.7. The highest BCUT2D eigenvalue weighted by Gasteiger charge is 2.22. The van der Waals surface area contributed by atoms with Crippen LogP contribution in [-0.2, 0) is 16.0 Å². The monoisotopic (exact) mass is 303 g/mol. The van der Waals surface area contributed by atoms with Gasteiger partial charge in [0.2, 0.25) is 0 Å². The van der Waals surface area contributed by atoms with Gasteiger partial charge < -0.3 is 9.72 Å². The van der Waals surface area contributed by atoms with Gasteiger partial charge in [-0.15, -0.1) is 0 Å². The molecular weight excluding hydrogens is 281 g/mol. The molecule has 3 nitrogen and oxygen atoms in total. The Balaban J connectivity index is 1.48. The lowest BCUT2D eigenvalue weighted by atomic mass is 9.89. The Hall–Kier alpha value is -1.84. The fourth-order valence-corrected chi connectivity index (χ4v) is 3.25. The van der Waals surface area contributed by atoms with Crippen molar-refractivity contribution in [3.63, 3.8) is 0 Å². The van der Waals surface area contributed by atoms with E-state index in [1.54, 1.807) is 12.1 Å². The first-order valence-electron chi connectivity index (χ1n) is 8.16. The molecule has 1 N–H and O–H groups in total. The van der Waals surface area contributed by atoms with E-state index >= 15 is 0 Å². The Labute approximate surface area is 129 Å². The number of carbonyl (C=O) groups excluding carboxylic acids is 1. The molecule has 0 atom stereocenters. The minimum Gasteiger partial charge on any atom is -0.465 e. The van der Waals surface area contributed by atoms with Crippen molar-refractivity contribution in [2.24, 2.45) is 5.92 Å². The number of aromatic nitrogens is 1. The number of nitrogens with one attached hydrogen (secondary N) is 1. The number of benzene rings is 1. The van der Waals surface area contributed by atoms with Crippen LogP contribution in [0.4, 0.5) is 4.39 Å². The van der Waals surface area contributed by atoms with Crippen LogP contribution in [0.5, 0.6) is 0 Å². The van der Waals surface area contributed by atoms with E-state index in [-0.39, 0.29) is 17.7 Å². The van der Waals surface area contributed by atoms with Crippen LogP contribution in [0.3, 0.4) is 0 Å². The smallest absolute Gasteiger partial charge is 0.308 e. The molecule has 2 aromatic rings. The number of halogens is 1. The molecule has 1 aliphatic carbocycles. The number of fused-ring (bicyclic) bond motifs is 1. The van der Waals surface area contributed by atoms with E-state index in [0.717, 1.165) is 55.0 Å². The Kier molecular flexibility index (Phi) is 4.76. The third kappa shape index (κ3) is 3.49. The van der Waals surface area contributed by atoms with Crippen LogP contribution in [0.25, 0.3) is 10.9 Å². The minimum atomic E-state index is -0.225. The van der Waals surface area contributed by atoms with Crippen LogP contribution in [0.15, 0.2) is 24.4 Å². The summed E-state index contributed by atoms with van der Waals surface area (Å²) in [6.45, 7) is 0.442. The highest BCUT2D eigenvalue weighted by atomic mass is 19.1. The second-order valence-corrected chi connectivity index (χ2v) is 6.11. The summed E-state index contributed by atoms with van der Waals surface area (Å²) in [5.74, 6) is -0.155. The van der Waals surface area contributed by atoms with Crippen LogP contribution in [0.2, 0.25) is 0 Å². The zero-order valence-electron chi connectivity index (χ0n) is 12.7. The van der Waals surface area contributed by atoms with Gasteiger partial charge in [0, 0.05) is 17.1 Å². The molecule has 0 unspecified atom stereocenters. The van der Waals surface area contributed by atoms with Crippen molar-refractivity contribution in [3.8, 4) is 0 Å². The highest BCUT2D eigenvalue weighted by Crippen LogP contribution is 2.25. The molecule has 3 rings (SSSR count). The lowest BCUT2D eigenvalue weighted by Crippen LogP contribution is -2.20. The fourth-order valence-electron chi connectivity index (χ4n) is 3.25. The Bertz CT molecular complexity index is 644. The highest BCUT2D eigenvalue weighted by molar-refractivity contribution is 5.83. The number of H-pyrrole nitrogens is 1. The van der Waals surface area contributed by atoms with Crippen molar-refractivity contribution in [3.05, 3.63) is 35.8 Å². The number of hydrogen-bond acceptors (Lipinski definition) is 2. The average Bonchev–Trinajstić information content (AvgIpc) is 2.94. The molecule has 0 aliphatic heterocycles. The standard InChI is InChI=1S/C18H22FNO2/c19-15-8-9-17-16(11-15)14(12-20-17)7-4-10-22-18(21)13-5-2-1-3-6-13/h8-9,11-13,20H,1-7,10H2. The maximum atomic E-state index is 13.3. The summed E-state index contributed by atoms with van der Waals surface area (Å²) in [6, 6.07) is 4.75. The van der Waals surface area contributed by atoms with Gasteiger partial charge in [-0.3, -0.25) is 4.79 Å². The van der Waals surface area contributed by atoms with Gasteiger partial charge in [0.1, 0.15) is 5.82 Å². The summed E-state index contributed by atoms with van der Waals surface area (Å²) in [5, 5.41) is 0.915. The zero-order chi connectivity index (χ0) is 15.4. The second kappa shape index (κ2) is 6.95. The summed E-state index contributed by atoms with van der Waals surface area (Å²) in [4.78, 5) is 15.1. The molecular formula is C18H22FNO2. The van der Waals surface area contributed by atoms with E-state index in [9.17, 15) is 9.18 Å². The molecule has 1 aromatic heterocycles. The molecule has 0 saturated heterocycles. The van der Waals surface area contributed by atoms with E-state index in [1.807, 2.05) is 6.20 Å². The quantitative estimate of drug-likeness (QED) is 0.658. The SMILES string of the molecule is O=C(OCCCc1c[nH]c2ccc(F)cc12)C1CCCCC1. The largest absolute Gasteiger partial charge is 0.465 e. The lowest BCUT2D eigenvalue weighted by molar-refractivity contribution is -0.149. The van der Waals surface area contributed by atoms with Crippen LogP contribution >= 0.6 is 0 Å². The van der Waals surface area contributed by atoms with Crippen LogP contribution in [0, 0.1) is 11.7 Å². The molecule has 1 aliphatic rings. The van der Waals surface area contributed by atoms with Crippen molar-refractivity contribution in [1.29, 1.82) is 0 Å². The van der Waals surface area contributed by atoms with Crippen molar-refractivity contribution in [2.75, 3.05) is 6.61 Å². The van der Waals surface area contributed by atoms with Gasteiger partial charge >= 0.3 is 5.97 Å². The number of esters is 1. The van der Waals surface area contributed by atoms with Crippen LogP contribution < -0.4 is 0 Å². The number of rotatable bonds is 5. The normalized spacial score (nSPS) is 16.0. The Morgan fingerprint density at radius 1 is 1.27 bits per heavy atom. The van der Waals surface area contributed by atoms with Gasteiger partial charge in [0.05, 0.1) is 12.5 Å². The lowest BCUT2D eigenvalue weighted by Gasteiger charge is -2.19. The third-order valence-corrected chi connectivity index (χ3v) is 4.50. The zero-order valence-corrected chi connectivity index (χ0v) is 12.7. The number of aromatic amines is 1. The first-order chi connectivity index (χ1) is 10.7. The molecule has 1 fully saturated rings. The van der Waals surface area contributed by atoms with E-state index in [4.69, 9.17) is 4.74 Å².